The van der Waals surface area contributed by atoms with E-state index in [1.54, 1.807) is 6.92 Å². The highest BCUT2D eigenvalue weighted by Gasteiger charge is 2.30. The van der Waals surface area contributed by atoms with Gasteiger partial charge in [-0.2, -0.15) is 5.26 Å². The van der Waals surface area contributed by atoms with Crippen molar-refractivity contribution in [3.05, 3.63) is 11.1 Å². The summed E-state index contributed by atoms with van der Waals surface area (Å²) in [6.45, 7) is 2.09. The van der Waals surface area contributed by atoms with Gasteiger partial charge in [-0.1, -0.05) is 0 Å². The van der Waals surface area contributed by atoms with Crippen LogP contribution in [0.3, 0.4) is 0 Å². The first kappa shape index (κ1) is 13.2. The molecular formula is C12H15NO4. The molecule has 0 aliphatic heterocycles. The van der Waals surface area contributed by atoms with Crippen LogP contribution in [0.5, 0.6) is 0 Å². The lowest BCUT2D eigenvalue weighted by molar-refractivity contribution is -0.147. The van der Waals surface area contributed by atoms with Crippen molar-refractivity contribution in [2.45, 2.75) is 26.2 Å². The molecule has 0 aromatic heterocycles. The van der Waals surface area contributed by atoms with E-state index in [1.807, 2.05) is 6.07 Å². The fourth-order valence-electron chi connectivity index (χ4n) is 1.91. The van der Waals surface area contributed by atoms with Gasteiger partial charge in [0.2, 0.25) is 0 Å². The quantitative estimate of drug-likeness (QED) is 0.420. The molecule has 1 unspecified atom stereocenters. The number of allylic oxidation sites excluding steroid dienone is 1. The van der Waals surface area contributed by atoms with Crippen molar-refractivity contribution in [2.75, 3.05) is 13.7 Å². The molecule has 5 nitrogen and oxygen atoms in total. The van der Waals surface area contributed by atoms with Crippen LogP contribution in [0.1, 0.15) is 26.2 Å². The fourth-order valence-corrected chi connectivity index (χ4v) is 1.91. The summed E-state index contributed by atoms with van der Waals surface area (Å²) < 4.78 is 9.44. The van der Waals surface area contributed by atoms with Crippen LogP contribution in [0.4, 0.5) is 0 Å². The van der Waals surface area contributed by atoms with E-state index in [1.165, 1.54) is 7.11 Å². The number of nitrogens with zero attached hydrogens (tertiary/aromatic N) is 1. The lowest BCUT2D eigenvalue weighted by Crippen LogP contribution is -2.14. The Morgan fingerprint density at radius 2 is 2.24 bits per heavy atom. The maximum Gasteiger partial charge on any atom is 0.348 e. The molecule has 1 rings (SSSR count). The summed E-state index contributed by atoms with van der Waals surface area (Å²) in [6, 6.07) is 1.84. The maximum atomic E-state index is 11.5. The van der Waals surface area contributed by atoms with E-state index in [0.29, 0.717) is 31.4 Å². The molecule has 0 aromatic rings. The second-order valence-electron chi connectivity index (χ2n) is 3.77. The number of ether oxygens (including phenoxy) is 2. The van der Waals surface area contributed by atoms with Crippen LogP contribution in [-0.4, -0.2) is 25.7 Å². The third-order valence-corrected chi connectivity index (χ3v) is 2.76. The Bertz CT molecular complexity index is 392. The predicted molar refractivity (Wildman–Crippen MR) is 58.6 cm³/mol. The second kappa shape index (κ2) is 6.04. The van der Waals surface area contributed by atoms with E-state index in [0.717, 1.165) is 0 Å². The molecule has 0 aromatic carbocycles. The van der Waals surface area contributed by atoms with E-state index in [-0.39, 0.29) is 17.5 Å². The summed E-state index contributed by atoms with van der Waals surface area (Å²) in [5.74, 6) is -1.13. The van der Waals surface area contributed by atoms with Crippen molar-refractivity contribution in [3.63, 3.8) is 0 Å². The Morgan fingerprint density at radius 3 is 2.76 bits per heavy atom. The van der Waals surface area contributed by atoms with Gasteiger partial charge in [0.1, 0.15) is 11.6 Å². The molecule has 17 heavy (non-hydrogen) atoms. The Kier molecular flexibility index (Phi) is 4.70. The standard InChI is InChI=1S/C12H15NO4/c1-3-17-11(14)9-5-4-8(6-9)10(7-13)12(15)16-2/h9H,3-6H2,1-2H3/b10-8-. The van der Waals surface area contributed by atoms with Crippen molar-refractivity contribution in [3.8, 4) is 6.07 Å². The Labute approximate surface area is 100 Å². The molecular weight excluding hydrogens is 222 g/mol. The van der Waals surface area contributed by atoms with Gasteiger partial charge in [-0.15, -0.1) is 0 Å². The number of rotatable bonds is 3. The number of nitriles is 1. The van der Waals surface area contributed by atoms with Crippen LogP contribution >= 0.6 is 0 Å². The molecule has 1 fully saturated rings. The highest BCUT2D eigenvalue weighted by Crippen LogP contribution is 2.33. The maximum absolute atomic E-state index is 11.5. The van der Waals surface area contributed by atoms with Crippen molar-refractivity contribution in [2.24, 2.45) is 5.92 Å². The van der Waals surface area contributed by atoms with Gasteiger partial charge in [-0.3, -0.25) is 4.79 Å². The van der Waals surface area contributed by atoms with Gasteiger partial charge in [-0.25, -0.2) is 4.79 Å². The first-order valence-electron chi connectivity index (χ1n) is 5.51. The zero-order valence-corrected chi connectivity index (χ0v) is 9.99. The minimum Gasteiger partial charge on any atom is -0.466 e. The summed E-state index contributed by atoms with van der Waals surface area (Å²) in [5, 5.41) is 8.89. The van der Waals surface area contributed by atoms with Gasteiger partial charge in [-0.05, 0) is 31.8 Å². The third kappa shape index (κ3) is 3.06. The number of esters is 2. The topological polar surface area (TPSA) is 76.4 Å². The lowest BCUT2D eigenvalue weighted by atomic mass is 10.1. The van der Waals surface area contributed by atoms with Gasteiger partial charge in [0.25, 0.3) is 0 Å². The molecule has 0 amide bonds. The number of methoxy groups -OCH3 is 1. The van der Waals surface area contributed by atoms with Crippen LogP contribution in [-0.2, 0) is 19.1 Å². The monoisotopic (exact) mass is 237 g/mol. The highest BCUT2D eigenvalue weighted by atomic mass is 16.5. The highest BCUT2D eigenvalue weighted by molar-refractivity contribution is 5.93. The smallest absolute Gasteiger partial charge is 0.348 e. The van der Waals surface area contributed by atoms with Crippen molar-refractivity contribution >= 4 is 11.9 Å². The molecule has 0 radical (unpaired) electrons. The van der Waals surface area contributed by atoms with Crippen molar-refractivity contribution in [1.29, 1.82) is 5.26 Å². The van der Waals surface area contributed by atoms with E-state index >= 15 is 0 Å². The lowest BCUT2D eigenvalue weighted by Gasteiger charge is -2.07. The number of carbonyl (C=O) groups is 2. The number of hydrogen-bond acceptors (Lipinski definition) is 5. The molecule has 0 saturated heterocycles. The van der Waals surface area contributed by atoms with Crippen LogP contribution in [0.2, 0.25) is 0 Å². The molecule has 1 aliphatic rings. The molecule has 1 saturated carbocycles. The minimum atomic E-state index is -0.632. The molecule has 0 N–H and O–H groups in total. The summed E-state index contributed by atoms with van der Waals surface area (Å²) in [5.41, 5.74) is 0.719. The van der Waals surface area contributed by atoms with Gasteiger partial charge >= 0.3 is 11.9 Å². The molecule has 5 heteroatoms. The SMILES string of the molecule is CCOC(=O)C1CC/C(=C(\C#N)C(=O)OC)C1. The Morgan fingerprint density at radius 1 is 1.53 bits per heavy atom. The van der Waals surface area contributed by atoms with Crippen LogP contribution in [0.15, 0.2) is 11.1 Å². The summed E-state index contributed by atoms with van der Waals surface area (Å²) >= 11 is 0. The number of carbonyl (C=O) groups excluding carboxylic acids is 2. The van der Waals surface area contributed by atoms with E-state index in [2.05, 4.69) is 4.74 Å². The number of hydrogen-bond donors (Lipinski definition) is 0. The predicted octanol–water partition coefficient (Wildman–Crippen LogP) is 1.34. The average Bonchev–Trinajstić information content (AvgIpc) is 2.79. The molecule has 1 atom stereocenters. The molecule has 0 bridgehead atoms. The summed E-state index contributed by atoms with van der Waals surface area (Å²) in [6.07, 6.45) is 1.61. The first-order valence-corrected chi connectivity index (χ1v) is 5.51. The average molecular weight is 237 g/mol. The van der Waals surface area contributed by atoms with Gasteiger partial charge in [0.15, 0.2) is 0 Å². The molecule has 92 valence electrons. The van der Waals surface area contributed by atoms with E-state index in [9.17, 15) is 9.59 Å². The first-order chi connectivity index (χ1) is 8.13. The van der Waals surface area contributed by atoms with Crippen molar-refractivity contribution < 1.29 is 19.1 Å². The molecule has 1 aliphatic carbocycles. The largest absolute Gasteiger partial charge is 0.466 e. The zero-order chi connectivity index (χ0) is 12.8. The fraction of sp³-hybridized carbons (Fsp3) is 0.583. The van der Waals surface area contributed by atoms with Crippen molar-refractivity contribution in [1.82, 2.24) is 0 Å². The van der Waals surface area contributed by atoms with E-state index < -0.39 is 5.97 Å². The summed E-state index contributed by atoms with van der Waals surface area (Å²) in [7, 11) is 1.23. The van der Waals surface area contributed by atoms with Gasteiger partial charge in [0, 0.05) is 0 Å². The van der Waals surface area contributed by atoms with Gasteiger partial charge in [0.05, 0.1) is 19.6 Å². The molecule has 0 spiro atoms. The normalized spacial score (nSPS) is 21.6. The molecule has 0 heterocycles. The zero-order valence-electron chi connectivity index (χ0n) is 9.99. The summed E-state index contributed by atoms with van der Waals surface area (Å²) in [4.78, 5) is 22.8. The van der Waals surface area contributed by atoms with Crippen LogP contribution < -0.4 is 0 Å². The Balaban J connectivity index is 2.78. The van der Waals surface area contributed by atoms with Crippen LogP contribution in [0, 0.1) is 17.2 Å². The second-order valence-corrected chi connectivity index (χ2v) is 3.77. The third-order valence-electron chi connectivity index (χ3n) is 2.76. The Hall–Kier alpha value is -1.83. The van der Waals surface area contributed by atoms with E-state index in [4.69, 9.17) is 10.00 Å². The van der Waals surface area contributed by atoms with Crippen LogP contribution in [0.25, 0.3) is 0 Å². The van der Waals surface area contributed by atoms with Gasteiger partial charge < -0.3 is 9.47 Å². The minimum absolute atomic E-state index is 0.0271.